The van der Waals surface area contributed by atoms with Crippen LogP contribution in [0.4, 0.5) is 4.20 Å². The van der Waals surface area contributed by atoms with Crippen LogP contribution >= 0.6 is 7.91 Å². The zero-order chi connectivity index (χ0) is 8.32. The smallest absolute Gasteiger partial charge is 0.743 e. The average Bonchev–Trinajstić information content (AvgIpc) is 1.85. The number of para-hydroxylation sites is 1. The molecule has 1 atom stereocenters. The fourth-order valence-electron chi connectivity index (χ4n) is 0.607. The minimum absolute atomic E-state index is 0. The second kappa shape index (κ2) is 4.69. The average molecular weight is 182 g/mol. The fourth-order valence-corrected chi connectivity index (χ4v) is 0.981. The van der Waals surface area contributed by atoms with Crippen molar-refractivity contribution in [3.05, 3.63) is 30.3 Å². The first kappa shape index (κ1) is 11.7. The van der Waals surface area contributed by atoms with E-state index in [9.17, 15) is 13.7 Å². The molecule has 0 saturated heterocycles. The van der Waals surface area contributed by atoms with Crippen LogP contribution in [0.25, 0.3) is 0 Å². The standard InChI is InChI=1S/C6H6FO3P.Li/c7-11(8,9)10-6-4-2-1-3-5-6;/h1-5H,(H,8,9);/q;+1/p-1. The van der Waals surface area contributed by atoms with Gasteiger partial charge in [0.15, 0.2) is 0 Å². The molecule has 0 N–H and O–H groups in total. The summed E-state index contributed by atoms with van der Waals surface area (Å²) in [5.41, 5.74) is 0. The predicted molar refractivity (Wildman–Crippen MR) is 35.8 cm³/mol. The molecule has 6 heteroatoms. The molecule has 0 saturated carbocycles. The maximum Gasteiger partial charge on any atom is 1.00 e. The maximum absolute atomic E-state index is 11.9. The molecule has 0 heterocycles. The van der Waals surface area contributed by atoms with Crippen molar-refractivity contribution in [2.45, 2.75) is 0 Å². The van der Waals surface area contributed by atoms with Crippen LogP contribution in [0.15, 0.2) is 30.3 Å². The molecule has 0 bridgehead atoms. The second-order valence-corrected chi connectivity index (χ2v) is 2.88. The third-order valence-electron chi connectivity index (χ3n) is 0.958. The molecule has 1 unspecified atom stereocenters. The van der Waals surface area contributed by atoms with Crippen LogP contribution in [-0.4, -0.2) is 0 Å². The third-order valence-corrected chi connectivity index (χ3v) is 1.39. The quantitative estimate of drug-likeness (QED) is 0.413. The van der Waals surface area contributed by atoms with E-state index in [2.05, 4.69) is 4.52 Å². The van der Waals surface area contributed by atoms with E-state index >= 15 is 0 Å². The van der Waals surface area contributed by atoms with Crippen LogP contribution in [0.3, 0.4) is 0 Å². The molecular formula is C6H5FLiO3P. The zero-order valence-corrected chi connectivity index (χ0v) is 7.33. The Balaban J connectivity index is 0.00000121. The molecule has 0 aliphatic rings. The molecule has 0 fully saturated rings. The fraction of sp³-hybridized carbons (Fsp3) is 0. The Labute approximate surface area is 81.4 Å². The number of rotatable bonds is 2. The normalized spacial score (nSPS) is 14.2. The Morgan fingerprint density at radius 2 is 1.83 bits per heavy atom. The van der Waals surface area contributed by atoms with Crippen LogP contribution in [0.1, 0.15) is 0 Å². The Kier molecular flexibility index (Phi) is 4.58. The van der Waals surface area contributed by atoms with Crippen molar-refractivity contribution in [3.63, 3.8) is 0 Å². The molecular weight excluding hydrogens is 177 g/mol. The van der Waals surface area contributed by atoms with Gasteiger partial charge in [-0.25, -0.2) is 0 Å². The van der Waals surface area contributed by atoms with Crippen molar-refractivity contribution >= 4 is 7.91 Å². The summed E-state index contributed by atoms with van der Waals surface area (Å²) in [4.78, 5) is 9.94. The number of benzene rings is 1. The monoisotopic (exact) mass is 182 g/mol. The van der Waals surface area contributed by atoms with E-state index in [0.717, 1.165) is 0 Å². The Bertz CT molecular complexity index is 273. The van der Waals surface area contributed by atoms with Crippen molar-refractivity contribution in [1.82, 2.24) is 0 Å². The molecule has 0 amide bonds. The molecule has 0 aliphatic heterocycles. The van der Waals surface area contributed by atoms with Gasteiger partial charge >= 0.3 is 26.8 Å². The van der Waals surface area contributed by atoms with E-state index in [1.807, 2.05) is 0 Å². The van der Waals surface area contributed by atoms with Crippen LogP contribution in [0.2, 0.25) is 0 Å². The summed E-state index contributed by atoms with van der Waals surface area (Å²) in [7, 11) is -5.14. The minimum atomic E-state index is -5.14. The van der Waals surface area contributed by atoms with E-state index in [-0.39, 0.29) is 24.6 Å². The van der Waals surface area contributed by atoms with E-state index in [1.165, 1.54) is 12.1 Å². The SMILES string of the molecule is O=P([O-])(F)Oc1ccccc1.[Li+]. The second-order valence-electron chi connectivity index (χ2n) is 1.83. The van der Waals surface area contributed by atoms with Crippen LogP contribution in [-0.2, 0) is 4.57 Å². The van der Waals surface area contributed by atoms with Gasteiger partial charge in [0.1, 0.15) is 5.75 Å². The first-order chi connectivity index (χ1) is 5.08. The Morgan fingerprint density at radius 1 is 1.33 bits per heavy atom. The summed E-state index contributed by atoms with van der Waals surface area (Å²) in [5.74, 6) is -0.0201. The van der Waals surface area contributed by atoms with E-state index in [1.54, 1.807) is 18.2 Å². The Morgan fingerprint density at radius 3 is 2.25 bits per heavy atom. The van der Waals surface area contributed by atoms with E-state index in [0.29, 0.717) is 0 Å². The van der Waals surface area contributed by atoms with Crippen LogP contribution < -0.4 is 28.3 Å². The molecule has 1 rings (SSSR count). The summed E-state index contributed by atoms with van der Waals surface area (Å²) < 4.78 is 25.7. The van der Waals surface area contributed by atoms with Gasteiger partial charge in [0.25, 0.3) is 0 Å². The van der Waals surface area contributed by atoms with Crippen molar-refractivity contribution in [1.29, 1.82) is 0 Å². The summed E-state index contributed by atoms with van der Waals surface area (Å²) in [6.07, 6.45) is 0. The summed E-state index contributed by atoms with van der Waals surface area (Å²) in [5, 5.41) is 0. The summed E-state index contributed by atoms with van der Waals surface area (Å²) >= 11 is 0. The first-order valence-corrected chi connectivity index (χ1v) is 4.27. The first-order valence-electron chi connectivity index (χ1n) is 2.83. The molecule has 0 radical (unpaired) electrons. The van der Waals surface area contributed by atoms with Gasteiger partial charge in [0, 0.05) is 0 Å². The number of hydrogen-bond acceptors (Lipinski definition) is 3. The molecule has 1 aromatic carbocycles. The maximum atomic E-state index is 11.9. The summed E-state index contributed by atoms with van der Waals surface area (Å²) in [6.45, 7) is 0. The minimum Gasteiger partial charge on any atom is -0.743 e. The van der Waals surface area contributed by atoms with Crippen LogP contribution in [0.5, 0.6) is 5.75 Å². The van der Waals surface area contributed by atoms with Gasteiger partial charge in [0.05, 0.1) is 0 Å². The third kappa shape index (κ3) is 4.58. The predicted octanol–water partition coefficient (Wildman–Crippen LogP) is -1.49. The van der Waals surface area contributed by atoms with Gasteiger partial charge in [-0.3, -0.25) is 4.57 Å². The Hall–Kier alpha value is -0.263. The van der Waals surface area contributed by atoms with Crippen molar-refractivity contribution in [2.24, 2.45) is 0 Å². The van der Waals surface area contributed by atoms with Crippen LogP contribution in [0, 0.1) is 0 Å². The van der Waals surface area contributed by atoms with Gasteiger partial charge < -0.3 is 9.42 Å². The van der Waals surface area contributed by atoms with Crippen molar-refractivity contribution in [3.8, 4) is 5.75 Å². The number of halogens is 1. The molecule has 12 heavy (non-hydrogen) atoms. The molecule has 1 aromatic rings. The van der Waals surface area contributed by atoms with Gasteiger partial charge in [-0.2, -0.15) is 4.20 Å². The molecule has 0 aromatic heterocycles. The van der Waals surface area contributed by atoms with Gasteiger partial charge in [0.2, 0.25) is 0 Å². The van der Waals surface area contributed by atoms with E-state index in [4.69, 9.17) is 0 Å². The van der Waals surface area contributed by atoms with Gasteiger partial charge in [-0.15, -0.1) is 0 Å². The van der Waals surface area contributed by atoms with Gasteiger partial charge in [-0.05, 0) is 12.1 Å². The van der Waals surface area contributed by atoms with E-state index < -0.39 is 7.91 Å². The van der Waals surface area contributed by atoms with Crippen molar-refractivity contribution in [2.75, 3.05) is 0 Å². The molecule has 3 nitrogen and oxygen atoms in total. The number of hydrogen-bond donors (Lipinski definition) is 0. The zero-order valence-electron chi connectivity index (χ0n) is 6.44. The largest absolute Gasteiger partial charge is 1.00 e. The molecule has 60 valence electrons. The van der Waals surface area contributed by atoms with Crippen molar-refractivity contribution < 1.29 is 37.0 Å². The summed E-state index contributed by atoms with van der Waals surface area (Å²) in [6, 6.07) is 7.46. The topological polar surface area (TPSA) is 49.4 Å². The molecule has 0 aliphatic carbocycles. The van der Waals surface area contributed by atoms with Gasteiger partial charge in [-0.1, -0.05) is 18.2 Å². The molecule has 0 spiro atoms.